The number of carbonyl (C=O) groups is 1. The minimum absolute atomic E-state index is 0.242. The fraction of sp³-hybridized carbons (Fsp3) is 0.500. The lowest BCUT2D eigenvalue weighted by atomic mass is 10.4. The van der Waals surface area contributed by atoms with E-state index in [0.29, 0.717) is 5.82 Å². The number of aromatic nitrogens is 2. The highest BCUT2D eigenvalue weighted by Crippen LogP contribution is 1.93. The second kappa shape index (κ2) is 4.04. The predicted octanol–water partition coefficient (Wildman–Crippen LogP) is -0.469. The molecule has 1 aromatic rings. The Labute approximate surface area is 76.4 Å². The molecule has 5 heteroatoms. The van der Waals surface area contributed by atoms with Crippen molar-refractivity contribution in [3.8, 4) is 0 Å². The molecular formula is C8H13N3O2. The molecule has 2 N–H and O–H groups in total. The number of nitrogens with one attached hydrogen (secondary N) is 1. The van der Waals surface area contributed by atoms with Crippen LogP contribution in [0.3, 0.4) is 0 Å². The van der Waals surface area contributed by atoms with E-state index in [4.69, 9.17) is 5.11 Å². The smallest absolute Gasteiger partial charge is 0.287 e. The van der Waals surface area contributed by atoms with E-state index in [0.717, 1.165) is 0 Å². The van der Waals surface area contributed by atoms with Gasteiger partial charge in [0.05, 0.1) is 6.10 Å². The number of nitrogens with zero attached hydrogens (tertiary/aromatic N) is 2. The van der Waals surface area contributed by atoms with Crippen LogP contribution in [0.15, 0.2) is 12.4 Å². The number of aliphatic hydroxyl groups excluding tert-OH is 1. The fourth-order valence-electron chi connectivity index (χ4n) is 0.904. The minimum Gasteiger partial charge on any atom is -0.392 e. The summed E-state index contributed by atoms with van der Waals surface area (Å²) in [5.41, 5.74) is 0. The van der Waals surface area contributed by atoms with Crippen molar-refractivity contribution in [1.29, 1.82) is 0 Å². The summed E-state index contributed by atoms with van der Waals surface area (Å²) < 4.78 is 1.62. The Morgan fingerprint density at radius 2 is 2.54 bits per heavy atom. The van der Waals surface area contributed by atoms with Crippen LogP contribution in [0, 0.1) is 0 Å². The number of amides is 1. The van der Waals surface area contributed by atoms with Gasteiger partial charge in [-0.15, -0.1) is 0 Å². The number of imidazole rings is 1. The number of rotatable bonds is 3. The molecule has 0 aromatic carbocycles. The summed E-state index contributed by atoms with van der Waals surface area (Å²) in [6.45, 7) is 1.85. The lowest BCUT2D eigenvalue weighted by Crippen LogP contribution is -2.32. The normalized spacial score (nSPS) is 12.5. The molecule has 0 saturated carbocycles. The topological polar surface area (TPSA) is 67.2 Å². The van der Waals surface area contributed by atoms with Gasteiger partial charge in [0.25, 0.3) is 5.91 Å². The SMILES string of the molecule is CC(O)CNC(=O)c1nccn1C. The molecule has 5 nitrogen and oxygen atoms in total. The highest BCUT2D eigenvalue weighted by atomic mass is 16.3. The Bertz CT molecular complexity index is 293. The van der Waals surface area contributed by atoms with Gasteiger partial charge < -0.3 is 15.0 Å². The zero-order chi connectivity index (χ0) is 9.84. The number of aryl methyl sites for hydroxylation is 1. The zero-order valence-electron chi connectivity index (χ0n) is 7.69. The molecule has 0 spiro atoms. The molecule has 1 unspecified atom stereocenters. The van der Waals surface area contributed by atoms with Crippen LogP contribution in [-0.4, -0.2) is 33.2 Å². The predicted molar refractivity (Wildman–Crippen MR) is 47.2 cm³/mol. The van der Waals surface area contributed by atoms with Crippen molar-refractivity contribution < 1.29 is 9.90 Å². The quantitative estimate of drug-likeness (QED) is 0.665. The van der Waals surface area contributed by atoms with E-state index in [2.05, 4.69) is 10.3 Å². The van der Waals surface area contributed by atoms with E-state index < -0.39 is 6.10 Å². The van der Waals surface area contributed by atoms with E-state index >= 15 is 0 Å². The largest absolute Gasteiger partial charge is 0.392 e. The molecule has 13 heavy (non-hydrogen) atoms. The van der Waals surface area contributed by atoms with E-state index in [1.807, 2.05) is 0 Å². The van der Waals surface area contributed by atoms with Crippen molar-refractivity contribution in [2.45, 2.75) is 13.0 Å². The summed E-state index contributed by atoms with van der Waals surface area (Å²) in [5, 5.41) is 11.5. The molecule has 1 rings (SSSR count). The summed E-state index contributed by atoms with van der Waals surface area (Å²) in [6, 6.07) is 0. The monoisotopic (exact) mass is 183 g/mol. The van der Waals surface area contributed by atoms with Gasteiger partial charge in [0, 0.05) is 26.0 Å². The molecule has 1 heterocycles. The lowest BCUT2D eigenvalue weighted by Gasteiger charge is -2.06. The zero-order valence-corrected chi connectivity index (χ0v) is 7.69. The Balaban J connectivity index is 2.54. The fourth-order valence-corrected chi connectivity index (χ4v) is 0.904. The molecule has 0 saturated heterocycles. The van der Waals surface area contributed by atoms with Crippen molar-refractivity contribution in [2.75, 3.05) is 6.54 Å². The number of hydrogen-bond donors (Lipinski definition) is 2. The van der Waals surface area contributed by atoms with Crippen LogP contribution in [-0.2, 0) is 7.05 Å². The molecule has 0 aliphatic carbocycles. The van der Waals surface area contributed by atoms with Gasteiger partial charge in [0.1, 0.15) is 0 Å². The van der Waals surface area contributed by atoms with Crippen LogP contribution >= 0.6 is 0 Å². The Hall–Kier alpha value is -1.36. The summed E-state index contributed by atoms with van der Waals surface area (Å²) in [6.07, 6.45) is 2.71. The van der Waals surface area contributed by atoms with Gasteiger partial charge >= 0.3 is 0 Å². The van der Waals surface area contributed by atoms with Gasteiger partial charge in [-0.05, 0) is 6.92 Å². The molecule has 0 radical (unpaired) electrons. The molecule has 0 aliphatic heterocycles. The second-order valence-electron chi connectivity index (χ2n) is 2.92. The maximum atomic E-state index is 11.3. The van der Waals surface area contributed by atoms with Crippen LogP contribution in [0.4, 0.5) is 0 Å². The van der Waals surface area contributed by atoms with Crippen molar-refractivity contribution in [3.63, 3.8) is 0 Å². The van der Waals surface area contributed by atoms with Crippen molar-refractivity contribution in [2.24, 2.45) is 7.05 Å². The second-order valence-corrected chi connectivity index (χ2v) is 2.92. The standard InChI is InChI=1S/C8H13N3O2/c1-6(12)5-10-8(13)7-9-3-4-11(7)2/h3-4,6,12H,5H2,1-2H3,(H,10,13). The summed E-state index contributed by atoms with van der Waals surface area (Å²) >= 11 is 0. The summed E-state index contributed by atoms with van der Waals surface area (Å²) in [4.78, 5) is 15.2. The Morgan fingerprint density at radius 3 is 3.00 bits per heavy atom. The van der Waals surface area contributed by atoms with Gasteiger partial charge in [0.15, 0.2) is 5.82 Å². The van der Waals surface area contributed by atoms with Gasteiger partial charge in [-0.3, -0.25) is 4.79 Å². The molecule has 72 valence electrons. The van der Waals surface area contributed by atoms with Crippen molar-refractivity contribution in [3.05, 3.63) is 18.2 Å². The van der Waals surface area contributed by atoms with Crippen LogP contribution < -0.4 is 5.32 Å². The average molecular weight is 183 g/mol. The molecule has 0 aliphatic rings. The Kier molecular flexibility index (Phi) is 3.02. The first kappa shape index (κ1) is 9.73. The molecule has 1 aromatic heterocycles. The first-order valence-electron chi connectivity index (χ1n) is 4.05. The highest BCUT2D eigenvalue weighted by Gasteiger charge is 2.10. The number of aliphatic hydroxyl groups is 1. The average Bonchev–Trinajstić information content (AvgIpc) is 2.47. The maximum Gasteiger partial charge on any atom is 0.287 e. The van der Waals surface area contributed by atoms with Gasteiger partial charge in [-0.1, -0.05) is 0 Å². The Morgan fingerprint density at radius 1 is 1.85 bits per heavy atom. The number of carbonyl (C=O) groups excluding carboxylic acids is 1. The third-order valence-electron chi connectivity index (χ3n) is 1.58. The molecular weight excluding hydrogens is 170 g/mol. The number of hydrogen-bond acceptors (Lipinski definition) is 3. The lowest BCUT2D eigenvalue weighted by molar-refractivity contribution is 0.0910. The van der Waals surface area contributed by atoms with Crippen molar-refractivity contribution >= 4 is 5.91 Å². The third-order valence-corrected chi connectivity index (χ3v) is 1.58. The summed E-state index contributed by atoms with van der Waals surface area (Å²) in [5.74, 6) is 0.0778. The molecule has 0 bridgehead atoms. The molecule has 0 fully saturated rings. The van der Waals surface area contributed by atoms with E-state index in [1.54, 1.807) is 30.9 Å². The maximum absolute atomic E-state index is 11.3. The third kappa shape index (κ3) is 2.55. The minimum atomic E-state index is -0.538. The molecule has 1 atom stereocenters. The van der Waals surface area contributed by atoms with E-state index in [-0.39, 0.29) is 12.5 Å². The highest BCUT2D eigenvalue weighted by molar-refractivity contribution is 5.90. The van der Waals surface area contributed by atoms with Gasteiger partial charge in [-0.25, -0.2) is 4.98 Å². The van der Waals surface area contributed by atoms with E-state index in [9.17, 15) is 4.79 Å². The van der Waals surface area contributed by atoms with Crippen LogP contribution in [0.5, 0.6) is 0 Å². The first-order chi connectivity index (χ1) is 6.11. The van der Waals surface area contributed by atoms with Crippen molar-refractivity contribution in [1.82, 2.24) is 14.9 Å². The van der Waals surface area contributed by atoms with Crippen LogP contribution in [0.25, 0.3) is 0 Å². The van der Waals surface area contributed by atoms with E-state index in [1.165, 1.54) is 0 Å². The molecule has 1 amide bonds. The van der Waals surface area contributed by atoms with Gasteiger partial charge in [0.2, 0.25) is 0 Å². The van der Waals surface area contributed by atoms with Crippen LogP contribution in [0.1, 0.15) is 17.5 Å². The van der Waals surface area contributed by atoms with Gasteiger partial charge in [-0.2, -0.15) is 0 Å². The van der Waals surface area contributed by atoms with Crippen LogP contribution in [0.2, 0.25) is 0 Å². The first-order valence-corrected chi connectivity index (χ1v) is 4.05. The summed E-state index contributed by atoms with van der Waals surface area (Å²) in [7, 11) is 1.74.